The zero-order valence-electron chi connectivity index (χ0n) is 15.9. The number of hydrogen-bond donors (Lipinski definition) is 2. The third-order valence-electron chi connectivity index (χ3n) is 5.60. The average molecular weight is 348 g/mol. The quantitative estimate of drug-likeness (QED) is 0.775. The van der Waals surface area contributed by atoms with E-state index in [-0.39, 0.29) is 6.10 Å². The first-order chi connectivity index (χ1) is 11.9. The first-order valence-corrected chi connectivity index (χ1v) is 9.60. The van der Waals surface area contributed by atoms with E-state index in [0.29, 0.717) is 6.04 Å². The van der Waals surface area contributed by atoms with Gasteiger partial charge >= 0.3 is 0 Å². The van der Waals surface area contributed by atoms with E-state index in [1.165, 1.54) is 6.42 Å². The predicted octanol–water partition coefficient (Wildman–Crippen LogP) is 2.87. The van der Waals surface area contributed by atoms with Crippen molar-refractivity contribution in [3.63, 3.8) is 0 Å². The molecule has 3 rings (SSSR count). The molecule has 0 bridgehead atoms. The number of nitrogen functional groups attached to an aromatic ring is 1. The largest absolute Gasteiger partial charge is 0.489 e. The van der Waals surface area contributed by atoms with Crippen LogP contribution in [-0.2, 0) is 0 Å². The number of rotatable bonds is 6. The number of nitrogens with zero attached hydrogens (tertiary/aromatic N) is 2. The summed E-state index contributed by atoms with van der Waals surface area (Å²) in [5.74, 6) is 0.880. The molecule has 1 aliphatic heterocycles. The van der Waals surface area contributed by atoms with E-state index in [2.05, 4.69) is 22.9 Å². The molecule has 0 spiro atoms. The molecule has 3 N–H and O–H groups in total. The van der Waals surface area contributed by atoms with E-state index in [0.717, 1.165) is 62.4 Å². The van der Waals surface area contributed by atoms with Gasteiger partial charge in [0.2, 0.25) is 0 Å². The monoisotopic (exact) mass is 347 g/mol. The number of anilines is 2. The third-order valence-corrected chi connectivity index (χ3v) is 5.60. The molecular formula is C20H33N3O2. The van der Waals surface area contributed by atoms with Gasteiger partial charge in [0.15, 0.2) is 0 Å². The molecule has 1 aromatic carbocycles. The van der Waals surface area contributed by atoms with Crippen LogP contribution in [0.25, 0.3) is 0 Å². The summed E-state index contributed by atoms with van der Waals surface area (Å²) in [6.07, 6.45) is 5.43. The molecule has 0 atom stereocenters. The zero-order chi connectivity index (χ0) is 18.0. The highest BCUT2D eigenvalue weighted by Crippen LogP contribution is 2.35. The maximum absolute atomic E-state index is 10.4. The van der Waals surface area contributed by atoms with Crippen molar-refractivity contribution in [3.05, 3.63) is 18.2 Å². The lowest BCUT2D eigenvalue weighted by Gasteiger charge is -2.44. The van der Waals surface area contributed by atoms with Crippen LogP contribution in [0.5, 0.6) is 5.75 Å². The smallest absolute Gasteiger partial charge is 0.145 e. The molecule has 0 unspecified atom stereocenters. The van der Waals surface area contributed by atoms with E-state index in [1.807, 2.05) is 26.0 Å². The Morgan fingerprint density at radius 2 is 2.00 bits per heavy atom. The molecule has 0 radical (unpaired) electrons. The Morgan fingerprint density at radius 3 is 2.56 bits per heavy atom. The van der Waals surface area contributed by atoms with Crippen LogP contribution in [0.15, 0.2) is 18.2 Å². The lowest BCUT2D eigenvalue weighted by Crippen LogP contribution is -2.52. The highest BCUT2D eigenvalue weighted by molar-refractivity contribution is 5.64. The second kappa shape index (κ2) is 7.42. The summed E-state index contributed by atoms with van der Waals surface area (Å²) in [6, 6.07) is 6.50. The van der Waals surface area contributed by atoms with E-state index >= 15 is 0 Å². The fourth-order valence-corrected chi connectivity index (χ4v) is 4.02. The van der Waals surface area contributed by atoms with Gasteiger partial charge in [0.25, 0.3) is 0 Å². The summed E-state index contributed by atoms with van der Waals surface area (Å²) >= 11 is 0. The maximum Gasteiger partial charge on any atom is 0.145 e. The molecule has 1 saturated carbocycles. The molecule has 1 aromatic rings. The number of ether oxygens (including phenoxy) is 1. The molecule has 1 heterocycles. The summed E-state index contributed by atoms with van der Waals surface area (Å²) < 4.78 is 5.98. The number of aliphatic hydroxyl groups is 1. The Hall–Kier alpha value is -1.46. The number of benzene rings is 1. The molecule has 140 valence electrons. The van der Waals surface area contributed by atoms with Crippen LogP contribution in [0.2, 0.25) is 0 Å². The molecule has 25 heavy (non-hydrogen) atoms. The van der Waals surface area contributed by atoms with Gasteiger partial charge in [-0.3, -0.25) is 0 Å². The van der Waals surface area contributed by atoms with Crippen molar-refractivity contribution in [2.24, 2.45) is 0 Å². The topological polar surface area (TPSA) is 62.0 Å². The van der Waals surface area contributed by atoms with E-state index in [4.69, 9.17) is 10.5 Å². The first kappa shape index (κ1) is 18.3. The van der Waals surface area contributed by atoms with Crippen molar-refractivity contribution in [3.8, 4) is 5.75 Å². The average Bonchev–Trinajstić information content (AvgIpc) is 2.53. The van der Waals surface area contributed by atoms with Gasteiger partial charge in [-0.25, -0.2) is 0 Å². The second-order valence-electron chi connectivity index (χ2n) is 8.10. The van der Waals surface area contributed by atoms with Crippen molar-refractivity contribution in [1.29, 1.82) is 0 Å². The number of nitrogens with two attached hydrogens (primary N) is 1. The molecule has 5 heteroatoms. The maximum atomic E-state index is 10.4. The Bertz CT molecular complexity index is 578. The molecule has 1 aliphatic carbocycles. The Morgan fingerprint density at radius 1 is 1.32 bits per heavy atom. The molecule has 0 aromatic heterocycles. The van der Waals surface area contributed by atoms with Gasteiger partial charge in [-0.1, -0.05) is 0 Å². The molecule has 2 aliphatic rings. The van der Waals surface area contributed by atoms with Gasteiger partial charge in [-0.2, -0.15) is 0 Å². The van der Waals surface area contributed by atoms with Gasteiger partial charge < -0.3 is 25.4 Å². The van der Waals surface area contributed by atoms with Crippen molar-refractivity contribution in [2.45, 2.75) is 63.7 Å². The number of hydrogen-bond acceptors (Lipinski definition) is 5. The number of piperidine rings is 1. The summed E-state index contributed by atoms with van der Waals surface area (Å²) in [4.78, 5) is 4.77. The Kier molecular flexibility index (Phi) is 5.44. The van der Waals surface area contributed by atoms with Crippen molar-refractivity contribution in [1.82, 2.24) is 4.90 Å². The van der Waals surface area contributed by atoms with Gasteiger partial charge in [0, 0.05) is 37.4 Å². The standard InChI is InChI=1S/C20H33N3O2/c1-15(2)25-19-13-16(21)5-6-18(19)23-11-7-17(8-12-23)22(3)14-20(24)9-4-10-20/h5-6,13,15,17,24H,4,7-12,14,21H2,1-3H3. The van der Waals surface area contributed by atoms with Crippen LogP contribution in [0.3, 0.4) is 0 Å². The highest BCUT2D eigenvalue weighted by atomic mass is 16.5. The normalized spacial score (nSPS) is 20.8. The molecule has 1 saturated heterocycles. The number of likely N-dealkylation sites (N-methyl/N-ethyl adjacent to an activating group) is 1. The van der Waals surface area contributed by atoms with Crippen LogP contribution < -0.4 is 15.4 Å². The third kappa shape index (κ3) is 4.39. The van der Waals surface area contributed by atoms with Crippen molar-refractivity contribution < 1.29 is 9.84 Å². The minimum atomic E-state index is -0.429. The molecule has 0 amide bonds. The van der Waals surface area contributed by atoms with Gasteiger partial charge in [0.05, 0.1) is 17.4 Å². The van der Waals surface area contributed by atoms with Crippen LogP contribution in [-0.4, -0.2) is 54.4 Å². The van der Waals surface area contributed by atoms with E-state index in [9.17, 15) is 5.11 Å². The van der Waals surface area contributed by atoms with Gasteiger partial charge in [-0.15, -0.1) is 0 Å². The Labute approximate surface area is 151 Å². The van der Waals surface area contributed by atoms with Crippen LogP contribution in [0.4, 0.5) is 11.4 Å². The lowest BCUT2D eigenvalue weighted by atomic mass is 9.79. The summed E-state index contributed by atoms with van der Waals surface area (Å²) in [7, 11) is 2.16. The van der Waals surface area contributed by atoms with Gasteiger partial charge in [0.1, 0.15) is 5.75 Å². The predicted molar refractivity (Wildman–Crippen MR) is 103 cm³/mol. The van der Waals surface area contributed by atoms with Crippen LogP contribution >= 0.6 is 0 Å². The first-order valence-electron chi connectivity index (χ1n) is 9.60. The molecular weight excluding hydrogens is 314 g/mol. The summed E-state index contributed by atoms with van der Waals surface area (Å²) in [6.45, 7) is 6.90. The van der Waals surface area contributed by atoms with Crippen LogP contribution in [0, 0.1) is 0 Å². The summed E-state index contributed by atoms with van der Waals surface area (Å²) in [5, 5.41) is 10.4. The van der Waals surface area contributed by atoms with Crippen molar-refractivity contribution in [2.75, 3.05) is 37.3 Å². The molecule has 2 fully saturated rings. The highest BCUT2D eigenvalue weighted by Gasteiger charge is 2.37. The SMILES string of the molecule is CC(C)Oc1cc(N)ccc1N1CCC(N(C)CC2(O)CCC2)CC1. The zero-order valence-corrected chi connectivity index (χ0v) is 15.9. The van der Waals surface area contributed by atoms with Gasteiger partial charge in [-0.05, 0) is 65.1 Å². The fraction of sp³-hybridized carbons (Fsp3) is 0.700. The van der Waals surface area contributed by atoms with E-state index < -0.39 is 5.60 Å². The van der Waals surface area contributed by atoms with Crippen molar-refractivity contribution >= 4 is 11.4 Å². The van der Waals surface area contributed by atoms with Crippen LogP contribution in [0.1, 0.15) is 46.0 Å². The molecule has 5 nitrogen and oxygen atoms in total. The lowest BCUT2D eigenvalue weighted by molar-refractivity contribution is -0.0625. The summed E-state index contributed by atoms with van der Waals surface area (Å²) in [5.41, 5.74) is 7.39. The second-order valence-corrected chi connectivity index (χ2v) is 8.10. The fourth-order valence-electron chi connectivity index (χ4n) is 4.02. The minimum absolute atomic E-state index is 0.132. The minimum Gasteiger partial charge on any atom is -0.489 e. The Balaban J connectivity index is 1.60. The van der Waals surface area contributed by atoms with E-state index in [1.54, 1.807) is 0 Å².